The molecule has 1 unspecified atom stereocenters. The molecule has 94 valence electrons. The first-order valence-corrected chi connectivity index (χ1v) is 5.84. The summed E-state index contributed by atoms with van der Waals surface area (Å²) in [6.45, 7) is 7.68. The van der Waals surface area contributed by atoms with Gasteiger partial charge in [-0.1, -0.05) is 23.8 Å². The molecule has 0 saturated carbocycles. The molecule has 0 fully saturated rings. The topological polar surface area (TPSA) is 46.5 Å². The number of ether oxygens (including phenoxy) is 1. The molecule has 0 bridgehead atoms. The summed E-state index contributed by atoms with van der Waals surface area (Å²) in [6.07, 6.45) is -0.433. The quantitative estimate of drug-likeness (QED) is 0.855. The number of benzene rings is 1. The summed E-state index contributed by atoms with van der Waals surface area (Å²) in [6, 6.07) is 6.06. The average molecular weight is 236 g/mol. The highest BCUT2D eigenvalue weighted by molar-refractivity contribution is 5.72. The third-order valence-electron chi connectivity index (χ3n) is 2.62. The fourth-order valence-electron chi connectivity index (χ4n) is 1.74. The molecule has 1 aromatic rings. The lowest BCUT2D eigenvalue weighted by Crippen LogP contribution is -2.29. The van der Waals surface area contributed by atoms with Gasteiger partial charge in [-0.05, 0) is 38.8 Å². The smallest absolute Gasteiger partial charge is 0.333 e. The van der Waals surface area contributed by atoms with Gasteiger partial charge in [-0.2, -0.15) is 0 Å². The van der Waals surface area contributed by atoms with E-state index < -0.39 is 12.1 Å². The van der Waals surface area contributed by atoms with Crippen LogP contribution >= 0.6 is 0 Å². The van der Waals surface area contributed by atoms with Crippen molar-refractivity contribution in [1.82, 2.24) is 0 Å². The van der Waals surface area contributed by atoms with E-state index in [0.717, 1.165) is 16.7 Å². The highest BCUT2D eigenvalue weighted by atomic mass is 16.5. The van der Waals surface area contributed by atoms with Crippen LogP contribution in [0.3, 0.4) is 0 Å². The van der Waals surface area contributed by atoms with Gasteiger partial charge in [-0.15, -0.1) is 0 Å². The Bertz CT molecular complexity index is 396. The van der Waals surface area contributed by atoms with Crippen LogP contribution in [0.2, 0.25) is 0 Å². The largest absolute Gasteiger partial charge is 0.479 e. The Balaban J connectivity index is 2.85. The summed E-state index contributed by atoms with van der Waals surface area (Å²) < 4.78 is 5.41. The van der Waals surface area contributed by atoms with E-state index in [1.807, 2.05) is 45.9 Å². The maximum Gasteiger partial charge on any atom is 0.333 e. The molecule has 0 aromatic heterocycles. The van der Waals surface area contributed by atoms with Gasteiger partial charge in [0.25, 0.3) is 0 Å². The molecule has 3 nitrogen and oxygen atoms in total. The molecule has 0 aliphatic carbocycles. The van der Waals surface area contributed by atoms with Crippen molar-refractivity contribution in [2.75, 3.05) is 0 Å². The predicted octanol–water partition coefficient (Wildman–Crippen LogP) is 2.72. The fraction of sp³-hybridized carbons (Fsp3) is 0.500. The number of aryl methyl sites for hydroxylation is 2. The minimum atomic E-state index is -0.903. The van der Waals surface area contributed by atoms with Gasteiger partial charge in [0.1, 0.15) is 0 Å². The van der Waals surface area contributed by atoms with Gasteiger partial charge >= 0.3 is 5.97 Å². The molecule has 0 radical (unpaired) electrons. The molecule has 1 atom stereocenters. The lowest BCUT2D eigenvalue weighted by Gasteiger charge is -2.17. The molecular formula is C14H20O3. The van der Waals surface area contributed by atoms with Gasteiger partial charge in [0.15, 0.2) is 6.10 Å². The number of carboxylic acids is 1. The van der Waals surface area contributed by atoms with Crippen LogP contribution in [0.15, 0.2) is 18.2 Å². The summed E-state index contributed by atoms with van der Waals surface area (Å²) in [4.78, 5) is 11.1. The van der Waals surface area contributed by atoms with E-state index in [-0.39, 0.29) is 6.10 Å². The zero-order valence-corrected chi connectivity index (χ0v) is 10.9. The molecule has 1 N–H and O–H groups in total. The molecule has 0 heterocycles. The lowest BCUT2D eigenvalue weighted by atomic mass is 10.00. The van der Waals surface area contributed by atoms with E-state index in [1.54, 1.807) is 0 Å². The zero-order chi connectivity index (χ0) is 13.0. The second-order valence-electron chi connectivity index (χ2n) is 4.65. The van der Waals surface area contributed by atoms with Gasteiger partial charge in [0.05, 0.1) is 6.10 Å². The summed E-state index contributed by atoms with van der Waals surface area (Å²) in [5.41, 5.74) is 3.28. The maximum atomic E-state index is 11.1. The van der Waals surface area contributed by atoms with Gasteiger partial charge in [0, 0.05) is 6.42 Å². The number of hydrogen-bond acceptors (Lipinski definition) is 2. The van der Waals surface area contributed by atoms with Crippen molar-refractivity contribution >= 4 is 5.97 Å². The standard InChI is InChI=1S/C14H20O3/c1-9(2)17-13(14(15)16)8-12-7-10(3)5-6-11(12)4/h5-7,9,13H,8H2,1-4H3,(H,15,16). The highest BCUT2D eigenvalue weighted by Crippen LogP contribution is 2.15. The summed E-state index contributed by atoms with van der Waals surface area (Å²) in [7, 11) is 0. The van der Waals surface area contributed by atoms with Gasteiger partial charge in [0.2, 0.25) is 0 Å². The van der Waals surface area contributed by atoms with Crippen molar-refractivity contribution in [3.63, 3.8) is 0 Å². The van der Waals surface area contributed by atoms with Crippen molar-refractivity contribution in [3.8, 4) is 0 Å². The highest BCUT2D eigenvalue weighted by Gasteiger charge is 2.20. The van der Waals surface area contributed by atoms with Crippen molar-refractivity contribution in [3.05, 3.63) is 34.9 Å². The second kappa shape index (κ2) is 5.82. The Morgan fingerprint density at radius 2 is 2.00 bits per heavy atom. The van der Waals surface area contributed by atoms with Crippen LogP contribution in [0, 0.1) is 13.8 Å². The molecule has 0 aliphatic rings. The van der Waals surface area contributed by atoms with Gasteiger partial charge < -0.3 is 9.84 Å². The third-order valence-corrected chi connectivity index (χ3v) is 2.62. The van der Waals surface area contributed by atoms with Crippen LogP contribution in [0.1, 0.15) is 30.5 Å². The minimum Gasteiger partial charge on any atom is -0.479 e. The normalized spacial score (nSPS) is 12.8. The Labute approximate surface area is 102 Å². The Morgan fingerprint density at radius 3 is 2.53 bits per heavy atom. The Hall–Kier alpha value is -1.35. The minimum absolute atomic E-state index is 0.0822. The van der Waals surface area contributed by atoms with Crippen LogP contribution in [0.25, 0.3) is 0 Å². The van der Waals surface area contributed by atoms with Crippen LogP contribution < -0.4 is 0 Å². The van der Waals surface area contributed by atoms with E-state index in [9.17, 15) is 4.79 Å². The third kappa shape index (κ3) is 4.19. The number of hydrogen-bond donors (Lipinski definition) is 1. The first kappa shape index (κ1) is 13.7. The molecule has 0 spiro atoms. The first-order valence-electron chi connectivity index (χ1n) is 5.84. The van der Waals surface area contributed by atoms with Crippen molar-refractivity contribution in [2.45, 2.75) is 46.3 Å². The van der Waals surface area contributed by atoms with E-state index >= 15 is 0 Å². The van der Waals surface area contributed by atoms with Crippen LogP contribution in [0.4, 0.5) is 0 Å². The number of aliphatic carboxylic acids is 1. The SMILES string of the molecule is Cc1ccc(C)c(CC(OC(C)C)C(=O)O)c1. The molecule has 1 aromatic carbocycles. The van der Waals surface area contributed by atoms with Crippen LogP contribution in [-0.4, -0.2) is 23.3 Å². The molecule has 17 heavy (non-hydrogen) atoms. The molecular weight excluding hydrogens is 216 g/mol. The van der Waals surface area contributed by atoms with E-state index in [2.05, 4.69) is 0 Å². The molecule has 3 heteroatoms. The van der Waals surface area contributed by atoms with Gasteiger partial charge in [-0.3, -0.25) is 0 Å². The van der Waals surface area contributed by atoms with Crippen molar-refractivity contribution in [1.29, 1.82) is 0 Å². The van der Waals surface area contributed by atoms with E-state index in [1.165, 1.54) is 0 Å². The summed E-state index contributed by atoms with van der Waals surface area (Å²) in [5, 5.41) is 9.12. The number of carbonyl (C=O) groups is 1. The molecule has 0 saturated heterocycles. The Morgan fingerprint density at radius 1 is 1.35 bits per heavy atom. The van der Waals surface area contributed by atoms with E-state index in [0.29, 0.717) is 6.42 Å². The zero-order valence-electron chi connectivity index (χ0n) is 10.9. The maximum absolute atomic E-state index is 11.1. The molecule has 1 rings (SSSR count). The van der Waals surface area contributed by atoms with Crippen LogP contribution in [0.5, 0.6) is 0 Å². The fourth-order valence-corrected chi connectivity index (χ4v) is 1.74. The number of carboxylic acid groups (broad SMARTS) is 1. The molecule has 0 amide bonds. The predicted molar refractivity (Wildman–Crippen MR) is 67.3 cm³/mol. The summed E-state index contributed by atoms with van der Waals surface area (Å²) >= 11 is 0. The number of rotatable bonds is 5. The molecule has 0 aliphatic heterocycles. The van der Waals surface area contributed by atoms with Crippen molar-refractivity contribution in [2.24, 2.45) is 0 Å². The second-order valence-corrected chi connectivity index (χ2v) is 4.65. The summed E-state index contributed by atoms with van der Waals surface area (Å²) in [5.74, 6) is -0.903. The lowest BCUT2D eigenvalue weighted by molar-refractivity contribution is -0.153. The monoisotopic (exact) mass is 236 g/mol. The van der Waals surface area contributed by atoms with E-state index in [4.69, 9.17) is 9.84 Å². The Kier molecular flexibility index (Phi) is 4.70. The average Bonchev–Trinajstić information content (AvgIpc) is 2.21. The van der Waals surface area contributed by atoms with Crippen LogP contribution in [-0.2, 0) is 16.0 Å². The van der Waals surface area contributed by atoms with Gasteiger partial charge in [-0.25, -0.2) is 4.79 Å². The van der Waals surface area contributed by atoms with Crippen molar-refractivity contribution < 1.29 is 14.6 Å². The first-order chi connectivity index (χ1) is 7.90.